The zero-order valence-corrected chi connectivity index (χ0v) is 10.6. The van der Waals surface area contributed by atoms with Gasteiger partial charge in [-0.15, -0.1) is 0 Å². The summed E-state index contributed by atoms with van der Waals surface area (Å²) in [6, 6.07) is 18.3. The van der Waals surface area contributed by atoms with E-state index in [1.165, 1.54) is 0 Å². The minimum absolute atomic E-state index is 0.810. The average molecular weight is 255 g/mol. The van der Waals surface area contributed by atoms with E-state index in [0.717, 1.165) is 22.6 Å². The molecule has 1 N–H and O–H groups in total. The summed E-state index contributed by atoms with van der Waals surface area (Å²) in [6.45, 7) is 0. The molecule has 0 atom stereocenters. The van der Waals surface area contributed by atoms with E-state index < -0.39 is 0 Å². The molecule has 1 aromatic heterocycles. The van der Waals surface area contributed by atoms with Gasteiger partial charge in [0, 0.05) is 5.69 Å². The molecule has 4 heteroatoms. The van der Waals surface area contributed by atoms with Crippen LogP contribution in [0.4, 0.5) is 5.69 Å². The van der Waals surface area contributed by atoms with Crippen LogP contribution in [0, 0.1) is 0 Å². The Morgan fingerprint density at radius 2 is 1.78 bits per heavy atom. The molecule has 0 radical (unpaired) electrons. The highest BCUT2D eigenvalue weighted by molar-refractivity contribution is 7.98. The molecule has 3 nitrogen and oxygen atoms in total. The van der Waals surface area contributed by atoms with Crippen molar-refractivity contribution in [2.24, 2.45) is 0 Å². The molecule has 0 saturated carbocycles. The number of nitrogens with zero attached hydrogens (tertiary/aromatic N) is 2. The molecular formula is C14H13N3S. The average Bonchev–Trinajstić information content (AvgIpc) is 2.84. The fourth-order valence-corrected chi connectivity index (χ4v) is 2.56. The van der Waals surface area contributed by atoms with Gasteiger partial charge in [0.1, 0.15) is 6.33 Å². The molecule has 90 valence electrons. The van der Waals surface area contributed by atoms with Gasteiger partial charge in [-0.3, -0.25) is 3.97 Å². The van der Waals surface area contributed by atoms with Gasteiger partial charge in [-0.25, -0.2) is 4.98 Å². The number of fused-ring (bicyclic) bond motifs is 1. The van der Waals surface area contributed by atoms with Crippen LogP contribution in [0.15, 0.2) is 60.9 Å². The van der Waals surface area contributed by atoms with Crippen molar-refractivity contribution in [3.8, 4) is 0 Å². The SMILES string of the molecule is c1ccc(NCSn2cnc3ccccc32)cc1. The molecule has 0 aliphatic rings. The van der Waals surface area contributed by atoms with Gasteiger partial charge in [-0.1, -0.05) is 30.3 Å². The third-order valence-corrected chi connectivity index (χ3v) is 3.52. The van der Waals surface area contributed by atoms with Crippen LogP contribution in [0.5, 0.6) is 0 Å². The number of anilines is 1. The number of hydrogen-bond donors (Lipinski definition) is 1. The normalized spacial score (nSPS) is 10.7. The van der Waals surface area contributed by atoms with Crippen molar-refractivity contribution in [2.75, 3.05) is 11.2 Å². The number of rotatable bonds is 4. The van der Waals surface area contributed by atoms with Crippen molar-refractivity contribution in [2.45, 2.75) is 0 Å². The summed E-state index contributed by atoms with van der Waals surface area (Å²) in [7, 11) is 0. The van der Waals surface area contributed by atoms with E-state index in [4.69, 9.17) is 0 Å². The van der Waals surface area contributed by atoms with Gasteiger partial charge >= 0.3 is 0 Å². The molecule has 3 aromatic rings. The van der Waals surface area contributed by atoms with Gasteiger partial charge in [0.25, 0.3) is 0 Å². The minimum atomic E-state index is 0.810. The van der Waals surface area contributed by atoms with Crippen molar-refractivity contribution in [3.63, 3.8) is 0 Å². The molecule has 18 heavy (non-hydrogen) atoms. The van der Waals surface area contributed by atoms with Gasteiger partial charge < -0.3 is 5.32 Å². The summed E-state index contributed by atoms with van der Waals surface area (Å²) < 4.78 is 2.09. The summed E-state index contributed by atoms with van der Waals surface area (Å²) in [5, 5.41) is 3.36. The van der Waals surface area contributed by atoms with Gasteiger partial charge in [-0.05, 0) is 36.2 Å². The zero-order valence-electron chi connectivity index (χ0n) is 9.78. The minimum Gasteiger partial charge on any atom is -0.374 e. The Morgan fingerprint density at radius 3 is 2.67 bits per heavy atom. The van der Waals surface area contributed by atoms with Crippen molar-refractivity contribution in [1.82, 2.24) is 8.96 Å². The topological polar surface area (TPSA) is 29.9 Å². The summed E-state index contributed by atoms with van der Waals surface area (Å²) in [6.07, 6.45) is 1.86. The third kappa shape index (κ3) is 2.33. The highest BCUT2D eigenvalue weighted by Gasteiger charge is 2.01. The highest BCUT2D eigenvalue weighted by Crippen LogP contribution is 2.18. The largest absolute Gasteiger partial charge is 0.374 e. The highest BCUT2D eigenvalue weighted by atomic mass is 32.2. The molecule has 0 bridgehead atoms. The lowest BCUT2D eigenvalue weighted by Gasteiger charge is -2.06. The molecule has 2 aromatic carbocycles. The molecule has 1 heterocycles. The number of imidazole rings is 1. The summed E-state index contributed by atoms with van der Waals surface area (Å²) >= 11 is 1.69. The van der Waals surface area contributed by atoms with Crippen LogP contribution in [-0.2, 0) is 0 Å². The van der Waals surface area contributed by atoms with Crippen LogP contribution in [0.25, 0.3) is 11.0 Å². The lowest BCUT2D eigenvalue weighted by molar-refractivity contribution is 1.26. The standard InChI is InChI=1S/C14H13N3S/c1-2-6-12(7-3-1)16-11-18-17-10-15-13-8-4-5-9-14(13)17/h1-10,16H,11H2. The molecule has 0 amide bonds. The zero-order chi connectivity index (χ0) is 12.2. The summed E-state index contributed by atoms with van der Waals surface area (Å²) in [5.74, 6) is 0.810. The van der Waals surface area contributed by atoms with Crippen molar-refractivity contribution in [1.29, 1.82) is 0 Å². The second-order valence-corrected chi connectivity index (χ2v) is 4.82. The lowest BCUT2D eigenvalue weighted by Crippen LogP contribution is -1.99. The smallest absolute Gasteiger partial charge is 0.106 e. The number of benzene rings is 2. The molecule has 0 aliphatic carbocycles. The van der Waals surface area contributed by atoms with E-state index in [1.54, 1.807) is 11.9 Å². The van der Waals surface area contributed by atoms with Crippen LogP contribution >= 0.6 is 11.9 Å². The molecular weight excluding hydrogens is 242 g/mol. The Labute approximate surface area is 110 Å². The fraction of sp³-hybridized carbons (Fsp3) is 0.0714. The maximum absolute atomic E-state index is 4.36. The molecule has 0 saturated heterocycles. The van der Waals surface area contributed by atoms with Gasteiger partial charge in [0.15, 0.2) is 0 Å². The van der Waals surface area contributed by atoms with E-state index in [9.17, 15) is 0 Å². The van der Waals surface area contributed by atoms with Crippen molar-refractivity contribution < 1.29 is 0 Å². The number of nitrogens with one attached hydrogen (secondary N) is 1. The first-order chi connectivity index (χ1) is 8.93. The quantitative estimate of drug-likeness (QED) is 0.722. The van der Waals surface area contributed by atoms with E-state index in [0.29, 0.717) is 0 Å². The Hall–Kier alpha value is -1.94. The molecule has 3 rings (SSSR count). The van der Waals surface area contributed by atoms with E-state index in [-0.39, 0.29) is 0 Å². The van der Waals surface area contributed by atoms with Crippen LogP contribution in [-0.4, -0.2) is 14.8 Å². The molecule has 0 aliphatic heterocycles. The van der Waals surface area contributed by atoms with Crippen molar-refractivity contribution in [3.05, 3.63) is 60.9 Å². The van der Waals surface area contributed by atoms with Gasteiger partial charge in [-0.2, -0.15) is 0 Å². The molecule has 0 unspecified atom stereocenters. The lowest BCUT2D eigenvalue weighted by atomic mass is 10.3. The molecule has 0 fully saturated rings. The van der Waals surface area contributed by atoms with Gasteiger partial charge in [0.2, 0.25) is 0 Å². The maximum atomic E-state index is 4.36. The van der Waals surface area contributed by atoms with Crippen LogP contribution < -0.4 is 5.32 Å². The monoisotopic (exact) mass is 255 g/mol. The first kappa shape index (κ1) is 11.2. The predicted molar refractivity (Wildman–Crippen MR) is 77.7 cm³/mol. The number of hydrogen-bond acceptors (Lipinski definition) is 3. The first-order valence-electron chi connectivity index (χ1n) is 5.78. The Kier molecular flexibility index (Phi) is 3.19. The second kappa shape index (κ2) is 5.14. The maximum Gasteiger partial charge on any atom is 0.106 e. The first-order valence-corrected chi connectivity index (χ1v) is 6.72. The Balaban J connectivity index is 1.67. The number of para-hydroxylation sites is 3. The van der Waals surface area contributed by atoms with Crippen LogP contribution in [0.1, 0.15) is 0 Å². The molecule has 0 spiro atoms. The number of aromatic nitrogens is 2. The Morgan fingerprint density at radius 1 is 1.00 bits per heavy atom. The summed E-state index contributed by atoms with van der Waals surface area (Å²) in [4.78, 5) is 4.36. The van der Waals surface area contributed by atoms with Crippen LogP contribution in [0.2, 0.25) is 0 Å². The fourth-order valence-electron chi connectivity index (χ4n) is 1.78. The third-order valence-electron chi connectivity index (χ3n) is 2.67. The van der Waals surface area contributed by atoms with Crippen molar-refractivity contribution >= 4 is 28.7 Å². The second-order valence-electron chi connectivity index (χ2n) is 3.88. The van der Waals surface area contributed by atoms with Gasteiger partial charge in [0.05, 0.1) is 16.9 Å². The van der Waals surface area contributed by atoms with E-state index >= 15 is 0 Å². The Bertz CT molecular complexity index is 634. The van der Waals surface area contributed by atoms with Crippen LogP contribution in [0.3, 0.4) is 0 Å². The summed E-state index contributed by atoms with van der Waals surface area (Å²) in [5.41, 5.74) is 3.32. The van der Waals surface area contributed by atoms with E-state index in [2.05, 4.69) is 32.5 Å². The predicted octanol–water partition coefficient (Wildman–Crippen LogP) is 3.60. The van der Waals surface area contributed by atoms with E-state index in [1.807, 2.05) is 42.7 Å².